The molecule has 1 saturated carbocycles. The molecular weight excluding hydrogens is 476 g/mol. The van der Waals surface area contributed by atoms with E-state index in [0.29, 0.717) is 18.2 Å². The summed E-state index contributed by atoms with van der Waals surface area (Å²) in [6.07, 6.45) is -7.63. The largest absolute Gasteiger partial charge is 0.425 e. The summed E-state index contributed by atoms with van der Waals surface area (Å²) >= 11 is 0. The summed E-state index contributed by atoms with van der Waals surface area (Å²) in [5.41, 5.74) is -4.47. The smallest absolute Gasteiger partial charge is 0.418 e. The fraction of sp³-hybridized carbons (Fsp3) is 0.522. The second-order valence-electron chi connectivity index (χ2n) is 10.0. The Bertz CT molecular complexity index is 1300. The van der Waals surface area contributed by atoms with Crippen molar-refractivity contribution in [3.63, 3.8) is 0 Å². The monoisotopic (exact) mass is 497 g/mol. The highest BCUT2D eigenvalue weighted by Crippen LogP contribution is 2.75. The zero-order valence-electron chi connectivity index (χ0n) is 18.6. The predicted octanol–water partition coefficient (Wildman–Crippen LogP) is 4.45. The van der Waals surface area contributed by atoms with Crippen LogP contribution in [0, 0.1) is 11.3 Å². The normalized spacial score (nSPS) is 27.3. The Labute approximate surface area is 195 Å². The van der Waals surface area contributed by atoms with Crippen molar-refractivity contribution in [3.05, 3.63) is 47.8 Å². The first kappa shape index (κ1) is 22.6. The molecule has 0 unspecified atom stereocenters. The Balaban J connectivity index is 1.37. The first-order chi connectivity index (χ1) is 16.4. The lowest BCUT2D eigenvalue weighted by molar-refractivity contribution is -0.187. The Hall–Kier alpha value is -2.89. The minimum absolute atomic E-state index is 0.0469. The van der Waals surface area contributed by atoms with Gasteiger partial charge in [-0.1, -0.05) is 0 Å². The van der Waals surface area contributed by atoms with Crippen LogP contribution in [0.5, 0.6) is 0 Å². The number of hydrogen-bond donors (Lipinski definition) is 0. The van der Waals surface area contributed by atoms with Crippen LogP contribution in [-0.4, -0.2) is 59.5 Å². The minimum atomic E-state index is -4.64. The van der Waals surface area contributed by atoms with E-state index < -0.39 is 35.3 Å². The predicted molar refractivity (Wildman–Crippen MR) is 113 cm³/mol. The van der Waals surface area contributed by atoms with Gasteiger partial charge in [0, 0.05) is 49.9 Å². The molecule has 0 spiro atoms. The maximum absolute atomic E-state index is 14.4. The SMILES string of the molecule is CN1CC(Cc2nnc([C@]34CN(c5ccc(C(F)(F)F)c6ncccc56)C[C@@]3(C(F)(F)F)C4)o2)C1. The Morgan fingerprint density at radius 1 is 1.06 bits per heavy atom. The van der Waals surface area contributed by atoms with Gasteiger partial charge in [-0.15, -0.1) is 10.2 Å². The van der Waals surface area contributed by atoms with E-state index in [1.54, 1.807) is 0 Å². The van der Waals surface area contributed by atoms with Gasteiger partial charge in [-0.3, -0.25) is 4.98 Å². The van der Waals surface area contributed by atoms with Crippen molar-refractivity contribution in [2.24, 2.45) is 11.3 Å². The molecule has 2 saturated heterocycles. The molecular formula is C23H21F6N5O. The second-order valence-corrected chi connectivity index (χ2v) is 10.0. The number of aromatic nitrogens is 3. The zero-order chi connectivity index (χ0) is 24.8. The van der Waals surface area contributed by atoms with E-state index in [2.05, 4.69) is 20.1 Å². The van der Waals surface area contributed by atoms with E-state index in [-0.39, 0.29) is 35.4 Å². The van der Waals surface area contributed by atoms with Gasteiger partial charge < -0.3 is 14.2 Å². The third kappa shape index (κ3) is 3.25. The summed E-state index contributed by atoms with van der Waals surface area (Å²) in [5, 5.41) is 8.19. The highest BCUT2D eigenvalue weighted by Gasteiger charge is 2.86. The molecule has 0 N–H and O–H groups in total. The molecule has 12 heteroatoms. The van der Waals surface area contributed by atoms with Crippen molar-refractivity contribution in [1.29, 1.82) is 0 Å². The van der Waals surface area contributed by atoms with E-state index in [1.165, 1.54) is 29.3 Å². The number of fused-ring (bicyclic) bond motifs is 2. The van der Waals surface area contributed by atoms with Crippen LogP contribution in [0.25, 0.3) is 10.9 Å². The molecule has 35 heavy (non-hydrogen) atoms. The number of alkyl halides is 6. The number of pyridine rings is 1. The lowest BCUT2D eigenvalue weighted by Gasteiger charge is -2.35. The van der Waals surface area contributed by atoms with Gasteiger partial charge in [0.15, 0.2) is 0 Å². The van der Waals surface area contributed by atoms with Crippen molar-refractivity contribution in [3.8, 4) is 0 Å². The van der Waals surface area contributed by atoms with Crippen LogP contribution < -0.4 is 4.90 Å². The van der Waals surface area contributed by atoms with Gasteiger partial charge in [0.05, 0.1) is 16.5 Å². The van der Waals surface area contributed by atoms with E-state index >= 15 is 0 Å². The first-order valence-corrected chi connectivity index (χ1v) is 11.2. The van der Waals surface area contributed by atoms with Crippen LogP contribution in [0.1, 0.15) is 23.8 Å². The standard InChI is InChI=1S/C23H21F6N5O/c1-33-8-13(9-33)7-17-31-32-19(35-17)20-10-21(20,23(27,28)29)12-34(11-20)16-5-4-15(22(24,25)26)18-14(16)3-2-6-30-18/h2-6,13H,7-12H2,1H3/t20-,21-/m0/s1. The van der Waals surface area contributed by atoms with Gasteiger partial charge >= 0.3 is 12.4 Å². The lowest BCUT2D eigenvalue weighted by atomic mass is 9.95. The second kappa shape index (κ2) is 7.08. The quantitative estimate of drug-likeness (QED) is 0.497. The fourth-order valence-electron chi connectivity index (χ4n) is 5.97. The maximum atomic E-state index is 14.4. The molecule has 2 atom stereocenters. The number of anilines is 1. The van der Waals surface area contributed by atoms with Crippen LogP contribution >= 0.6 is 0 Å². The highest BCUT2D eigenvalue weighted by molar-refractivity contribution is 5.94. The molecule has 4 heterocycles. The van der Waals surface area contributed by atoms with Crippen molar-refractivity contribution >= 4 is 16.6 Å². The van der Waals surface area contributed by atoms with Gasteiger partial charge in [0.2, 0.25) is 11.8 Å². The topological polar surface area (TPSA) is 58.3 Å². The van der Waals surface area contributed by atoms with E-state index in [0.717, 1.165) is 19.2 Å². The highest BCUT2D eigenvalue weighted by atomic mass is 19.4. The number of hydrogen-bond acceptors (Lipinski definition) is 6. The number of benzene rings is 1. The van der Waals surface area contributed by atoms with E-state index in [4.69, 9.17) is 4.42 Å². The minimum Gasteiger partial charge on any atom is -0.425 e. The summed E-state index contributed by atoms with van der Waals surface area (Å²) in [5.74, 6) is 0.593. The molecule has 2 aliphatic heterocycles. The Morgan fingerprint density at radius 2 is 1.83 bits per heavy atom. The van der Waals surface area contributed by atoms with E-state index in [1.807, 2.05) is 7.05 Å². The van der Waals surface area contributed by atoms with Gasteiger partial charge in [-0.05, 0) is 43.7 Å². The van der Waals surface area contributed by atoms with E-state index in [9.17, 15) is 26.3 Å². The fourth-order valence-corrected chi connectivity index (χ4v) is 5.97. The molecule has 0 radical (unpaired) electrons. The van der Waals surface area contributed by atoms with Crippen LogP contribution in [0.3, 0.4) is 0 Å². The Kier molecular flexibility index (Phi) is 4.57. The average molecular weight is 497 g/mol. The van der Waals surface area contributed by atoms with Crippen LogP contribution in [0.4, 0.5) is 32.0 Å². The summed E-state index contributed by atoms with van der Waals surface area (Å²) in [6.45, 7) is 1.23. The van der Waals surface area contributed by atoms with Crippen LogP contribution in [0.15, 0.2) is 34.9 Å². The molecule has 186 valence electrons. The first-order valence-electron chi connectivity index (χ1n) is 11.2. The summed E-state index contributed by atoms with van der Waals surface area (Å²) in [4.78, 5) is 7.49. The summed E-state index contributed by atoms with van der Waals surface area (Å²) in [7, 11) is 1.98. The molecule has 3 aromatic rings. The van der Waals surface area contributed by atoms with Crippen molar-refractivity contribution in [1.82, 2.24) is 20.1 Å². The third-order valence-corrected chi connectivity index (χ3v) is 7.73. The third-order valence-electron chi connectivity index (χ3n) is 7.73. The summed E-state index contributed by atoms with van der Waals surface area (Å²) < 4.78 is 89.4. The van der Waals surface area contributed by atoms with Crippen LogP contribution in [-0.2, 0) is 18.0 Å². The number of halogens is 6. The molecule has 1 aromatic carbocycles. The lowest BCUT2D eigenvalue weighted by Crippen LogP contribution is -2.44. The molecule has 3 aliphatic rings. The molecule has 6 rings (SSSR count). The maximum Gasteiger partial charge on any atom is 0.418 e. The van der Waals surface area contributed by atoms with Crippen molar-refractivity contribution in [2.75, 3.05) is 38.1 Å². The Morgan fingerprint density at radius 3 is 2.51 bits per heavy atom. The molecule has 0 amide bonds. The number of nitrogens with zero attached hydrogens (tertiary/aromatic N) is 5. The summed E-state index contributed by atoms with van der Waals surface area (Å²) in [6, 6.07) is 5.02. The molecule has 1 aliphatic carbocycles. The average Bonchev–Trinajstić information content (AvgIpc) is 3.07. The molecule has 6 nitrogen and oxygen atoms in total. The van der Waals surface area contributed by atoms with Crippen molar-refractivity contribution < 1.29 is 30.8 Å². The van der Waals surface area contributed by atoms with Gasteiger partial charge in [-0.25, -0.2) is 0 Å². The molecule has 0 bridgehead atoms. The number of likely N-dealkylation sites (tertiary alicyclic amines) is 1. The zero-order valence-corrected chi connectivity index (χ0v) is 18.6. The van der Waals surface area contributed by atoms with Crippen molar-refractivity contribution in [2.45, 2.75) is 30.6 Å². The molecule has 3 fully saturated rings. The number of piperidine rings is 1. The van der Waals surface area contributed by atoms with Gasteiger partial charge in [0.1, 0.15) is 5.41 Å². The van der Waals surface area contributed by atoms with Crippen LogP contribution in [0.2, 0.25) is 0 Å². The van der Waals surface area contributed by atoms with Gasteiger partial charge in [-0.2, -0.15) is 26.3 Å². The molecule has 2 aromatic heterocycles. The van der Waals surface area contributed by atoms with Gasteiger partial charge in [0.25, 0.3) is 0 Å². The number of rotatable bonds is 4.